The monoisotopic (exact) mass is 306 g/mol. The van der Waals surface area contributed by atoms with Crippen molar-refractivity contribution in [1.29, 1.82) is 0 Å². The van der Waals surface area contributed by atoms with Gasteiger partial charge < -0.3 is 10.2 Å². The number of morpholine rings is 1. The van der Waals surface area contributed by atoms with Crippen LogP contribution >= 0.6 is 11.6 Å². The van der Waals surface area contributed by atoms with Gasteiger partial charge in [0.05, 0.1) is 18.2 Å². The fourth-order valence-electron chi connectivity index (χ4n) is 1.87. The van der Waals surface area contributed by atoms with E-state index in [9.17, 15) is 8.42 Å². The standard InChI is InChI=1S/C10H15ClN4O3S/c1-7-6-18-3-2-15(7)19(16,17)8-4-9(11)10(14-12)13-5-8/h4-5,7H,2-3,6,12H2,1H3,(H,13,14). The summed E-state index contributed by atoms with van der Waals surface area (Å²) in [5.41, 5.74) is 2.29. The van der Waals surface area contributed by atoms with Crippen LogP contribution in [0.1, 0.15) is 6.92 Å². The van der Waals surface area contributed by atoms with E-state index < -0.39 is 10.0 Å². The molecule has 0 amide bonds. The number of nitrogens with zero attached hydrogens (tertiary/aromatic N) is 2. The van der Waals surface area contributed by atoms with E-state index in [4.69, 9.17) is 22.2 Å². The molecule has 1 unspecified atom stereocenters. The number of hydrogen-bond donors (Lipinski definition) is 2. The summed E-state index contributed by atoms with van der Waals surface area (Å²) in [4.78, 5) is 3.92. The van der Waals surface area contributed by atoms with Crippen LogP contribution in [0, 0.1) is 0 Å². The first kappa shape index (κ1) is 14.5. The minimum atomic E-state index is -3.62. The average molecular weight is 307 g/mol. The van der Waals surface area contributed by atoms with E-state index in [1.54, 1.807) is 6.92 Å². The summed E-state index contributed by atoms with van der Waals surface area (Å²) in [5, 5.41) is 0.157. The second kappa shape index (κ2) is 5.59. The van der Waals surface area contributed by atoms with Crippen molar-refractivity contribution in [3.8, 4) is 0 Å². The van der Waals surface area contributed by atoms with E-state index in [2.05, 4.69) is 10.4 Å². The molecule has 1 saturated heterocycles. The van der Waals surface area contributed by atoms with Crippen molar-refractivity contribution >= 4 is 27.4 Å². The van der Waals surface area contributed by atoms with Crippen LogP contribution in [-0.4, -0.2) is 43.5 Å². The number of nitrogen functional groups attached to an aromatic ring is 1. The lowest BCUT2D eigenvalue weighted by atomic mass is 10.3. The van der Waals surface area contributed by atoms with Gasteiger partial charge in [0.1, 0.15) is 4.90 Å². The number of hydrazine groups is 1. The third kappa shape index (κ3) is 2.82. The molecular formula is C10H15ClN4O3S. The number of halogens is 1. The molecule has 7 nitrogen and oxygen atoms in total. The molecule has 9 heteroatoms. The molecule has 1 atom stereocenters. The number of sulfonamides is 1. The molecule has 1 aromatic rings. The Morgan fingerprint density at radius 2 is 2.37 bits per heavy atom. The summed E-state index contributed by atoms with van der Waals surface area (Å²) in [6.07, 6.45) is 1.23. The number of ether oxygens (including phenoxy) is 1. The number of pyridine rings is 1. The van der Waals surface area contributed by atoms with Crippen molar-refractivity contribution in [1.82, 2.24) is 9.29 Å². The number of aromatic nitrogens is 1. The fourth-order valence-corrected chi connectivity index (χ4v) is 3.73. The second-order valence-electron chi connectivity index (χ2n) is 4.19. The topological polar surface area (TPSA) is 97.5 Å². The number of nitrogens with two attached hydrogens (primary N) is 1. The Morgan fingerprint density at radius 3 is 2.95 bits per heavy atom. The van der Waals surface area contributed by atoms with Crippen molar-refractivity contribution in [2.45, 2.75) is 17.9 Å². The normalized spacial score (nSPS) is 21.3. The molecule has 1 aliphatic rings. The number of nitrogens with one attached hydrogen (secondary N) is 1. The predicted octanol–water partition coefficient (Wildman–Crippen LogP) is 0.430. The van der Waals surface area contributed by atoms with Crippen LogP contribution in [0.4, 0.5) is 5.82 Å². The molecule has 0 bridgehead atoms. The average Bonchev–Trinajstić information content (AvgIpc) is 2.39. The van der Waals surface area contributed by atoms with Gasteiger partial charge in [0.25, 0.3) is 0 Å². The minimum Gasteiger partial charge on any atom is -0.378 e. The lowest BCUT2D eigenvalue weighted by Gasteiger charge is -2.32. The molecule has 1 aliphatic heterocycles. The summed E-state index contributed by atoms with van der Waals surface area (Å²) in [5.74, 6) is 5.43. The first-order valence-corrected chi connectivity index (χ1v) is 7.50. The van der Waals surface area contributed by atoms with Gasteiger partial charge in [-0.1, -0.05) is 11.6 Å². The van der Waals surface area contributed by atoms with Crippen LogP contribution in [-0.2, 0) is 14.8 Å². The fraction of sp³-hybridized carbons (Fsp3) is 0.500. The third-order valence-electron chi connectivity index (χ3n) is 2.87. The summed E-state index contributed by atoms with van der Waals surface area (Å²) in [6.45, 7) is 2.87. The van der Waals surface area contributed by atoms with Crippen molar-refractivity contribution in [2.24, 2.45) is 5.84 Å². The van der Waals surface area contributed by atoms with E-state index in [0.29, 0.717) is 19.8 Å². The molecule has 0 saturated carbocycles. The molecule has 1 aromatic heterocycles. The van der Waals surface area contributed by atoms with E-state index in [1.807, 2.05) is 0 Å². The van der Waals surface area contributed by atoms with Gasteiger partial charge in [-0.2, -0.15) is 4.31 Å². The summed E-state index contributed by atoms with van der Waals surface area (Å²) in [7, 11) is -3.62. The van der Waals surface area contributed by atoms with Gasteiger partial charge >= 0.3 is 0 Å². The molecule has 2 rings (SSSR count). The van der Waals surface area contributed by atoms with E-state index >= 15 is 0 Å². The van der Waals surface area contributed by atoms with Gasteiger partial charge in [0.2, 0.25) is 10.0 Å². The van der Waals surface area contributed by atoms with Crippen molar-refractivity contribution in [3.05, 3.63) is 17.3 Å². The quantitative estimate of drug-likeness (QED) is 0.621. The Bertz CT molecular complexity index is 566. The summed E-state index contributed by atoms with van der Waals surface area (Å²) >= 11 is 5.90. The van der Waals surface area contributed by atoms with Crippen LogP contribution in [0.15, 0.2) is 17.2 Å². The lowest BCUT2D eigenvalue weighted by molar-refractivity contribution is 0.0392. The van der Waals surface area contributed by atoms with Crippen LogP contribution in [0.3, 0.4) is 0 Å². The Labute approximate surface area is 116 Å². The Kier molecular flexibility index (Phi) is 4.26. The zero-order valence-corrected chi connectivity index (χ0v) is 11.9. The minimum absolute atomic E-state index is 0.0465. The maximum atomic E-state index is 12.5. The SMILES string of the molecule is CC1COCCN1S(=O)(=O)c1cnc(NN)c(Cl)c1. The Morgan fingerprint density at radius 1 is 1.63 bits per heavy atom. The second-order valence-corrected chi connectivity index (χ2v) is 6.48. The van der Waals surface area contributed by atoms with Gasteiger partial charge in [-0.15, -0.1) is 0 Å². The number of hydrogen-bond acceptors (Lipinski definition) is 6. The smallest absolute Gasteiger partial charge is 0.245 e. The number of anilines is 1. The van der Waals surface area contributed by atoms with Gasteiger partial charge in [-0.3, -0.25) is 0 Å². The molecule has 3 N–H and O–H groups in total. The molecule has 1 fully saturated rings. The van der Waals surface area contributed by atoms with Gasteiger partial charge in [0.15, 0.2) is 5.82 Å². The summed E-state index contributed by atoms with van der Waals surface area (Å²) < 4.78 is 31.6. The first-order chi connectivity index (χ1) is 8.96. The van der Waals surface area contributed by atoms with Crippen molar-refractivity contribution in [3.63, 3.8) is 0 Å². The van der Waals surface area contributed by atoms with Gasteiger partial charge in [0, 0.05) is 18.8 Å². The molecule has 0 aliphatic carbocycles. The first-order valence-electron chi connectivity index (χ1n) is 5.68. The molecule has 0 spiro atoms. The Balaban J connectivity index is 2.36. The van der Waals surface area contributed by atoms with Crippen molar-refractivity contribution in [2.75, 3.05) is 25.2 Å². The molecule has 2 heterocycles. The molecular weight excluding hydrogens is 292 g/mol. The van der Waals surface area contributed by atoms with Gasteiger partial charge in [-0.25, -0.2) is 19.2 Å². The third-order valence-corrected chi connectivity index (χ3v) is 5.13. The highest BCUT2D eigenvalue weighted by Crippen LogP contribution is 2.25. The predicted molar refractivity (Wildman–Crippen MR) is 71.2 cm³/mol. The maximum absolute atomic E-state index is 12.5. The van der Waals surface area contributed by atoms with E-state index in [-0.39, 0.29) is 21.8 Å². The maximum Gasteiger partial charge on any atom is 0.245 e. The van der Waals surface area contributed by atoms with Crippen LogP contribution in [0.2, 0.25) is 5.02 Å². The van der Waals surface area contributed by atoms with Gasteiger partial charge in [-0.05, 0) is 13.0 Å². The number of rotatable bonds is 3. The zero-order valence-electron chi connectivity index (χ0n) is 10.3. The molecule has 0 radical (unpaired) electrons. The molecule has 0 aromatic carbocycles. The highest BCUT2D eigenvalue weighted by atomic mass is 35.5. The zero-order chi connectivity index (χ0) is 14.0. The van der Waals surface area contributed by atoms with Crippen LogP contribution in [0.5, 0.6) is 0 Å². The summed E-state index contributed by atoms with van der Waals surface area (Å²) in [6, 6.07) is 1.12. The lowest BCUT2D eigenvalue weighted by Crippen LogP contribution is -2.46. The highest BCUT2D eigenvalue weighted by molar-refractivity contribution is 7.89. The molecule has 19 heavy (non-hydrogen) atoms. The largest absolute Gasteiger partial charge is 0.378 e. The van der Waals surface area contributed by atoms with Crippen molar-refractivity contribution < 1.29 is 13.2 Å². The van der Waals surface area contributed by atoms with E-state index in [1.165, 1.54) is 16.6 Å². The molecule has 106 valence electrons. The van der Waals surface area contributed by atoms with Crippen LogP contribution < -0.4 is 11.3 Å². The highest BCUT2D eigenvalue weighted by Gasteiger charge is 2.32. The van der Waals surface area contributed by atoms with Crippen LogP contribution in [0.25, 0.3) is 0 Å². The van der Waals surface area contributed by atoms with E-state index in [0.717, 1.165) is 0 Å². The Hall–Kier alpha value is -0.930.